The number of piperidine rings is 1. The van der Waals surface area contributed by atoms with Crippen LogP contribution in [0.3, 0.4) is 0 Å². The van der Waals surface area contributed by atoms with Crippen molar-refractivity contribution in [1.29, 1.82) is 0 Å². The molecule has 3 atom stereocenters. The van der Waals surface area contributed by atoms with Gasteiger partial charge >= 0.3 is 0 Å². The van der Waals surface area contributed by atoms with Crippen LogP contribution in [-0.4, -0.2) is 28.5 Å². The van der Waals surface area contributed by atoms with Gasteiger partial charge in [-0.25, -0.2) is 4.98 Å². The molecule has 4 rings (SSSR count). The molecular weight excluding hydrogens is 324 g/mol. The number of hydrogen-bond donors (Lipinski definition) is 3. The van der Waals surface area contributed by atoms with Crippen molar-refractivity contribution in [2.45, 2.75) is 31.8 Å². The van der Waals surface area contributed by atoms with Crippen LogP contribution in [0, 0.1) is 5.92 Å². The molecule has 0 radical (unpaired) electrons. The molecule has 5 nitrogen and oxygen atoms in total. The number of fused-ring (bicyclic) bond motifs is 1. The lowest BCUT2D eigenvalue weighted by Gasteiger charge is -2.29. The zero-order chi connectivity index (χ0) is 17.9. The highest BCUT2D eigenvalue weighted by molar-refractivity contribution is 5.80. The van der Waals surface area contributed by atoms with E-state index in [1.165, 1.54) is 0 Å². The summed E-state index contributed by atoms with van der Waals surface area (Å²) in [5.74, 6) is 0.199. The van der Waals surface area contributed by atoms with Crippen LogP contribution in [0.25, 0.3) is 11.0 Å². The lowest BCUT2D eigenvalue weighted by atomic mass is 9.91. The first-order valence-corrected chi connectivity index (χ1v) is 9.22. The van der Waals surface area contributed by atoms with Crippen molar-refractivity contribution in [3.8, 4) is 0 Å². The summed E-state index contributed by atoms with van der Waals surface area (Å²) in [5.41, 5.74) is 4.05. The van der Waals surface area contributed by atoms with E-state index >= 15 is 0 Å². The molecule has 2 heterocycles. The van der Waals surface area contributed by atoms with Gasteiger partial charge in [0.25, 0.3) is 0 Å². The normalized spacial score (nSPS) is 21.4. The first-order valence-electron chi connectivity index (χ1n) is 9.22. The summed E-state index contributed by atoms with van der Waals surface area (Å²) < 4.78 is 0. The third-order valence-electron chi connectivity index (χ3n) is 5.19. The molecule has 2 aromatic carbocycles. The number of carbonyl (C=O) groups excluding carboxylic acids is 1. The van der Waals surface area contributed by atoms with E-state index in [0.717, 1.165) is 41.5 Å². The largest absolute Gasteiger partial charge is 0.345 e. The predicted molar refractivity (Wildman–Crippen MR) is 103 cm³/mol. The van der Waals surface area contributed by atoms with Gasteiger partial charge in [0.1, 0.15) is 0 Å². The zero-order valence-corrected chi connectivity index (χ0v) is 14.9. The molecule has 3 N–H and O–H groups in total. The molecule has 5 heteroatoms. The molecule has 1 saturated heterocycles. The fourth-order valence-corrected chi connectivity index (χ4v) is 3.77. The van der Waals surface area contributed by atoms with E-state index in [0.29, 0.717) is 6.04 Å². The number of carbonyl (C=O) groups is 1. The van der Waals surface area contributed by atoms with Crippen LogP contribution in [-0.2, 0) is 4.79 Å². The van der Waals surface area contributed by atoms with E-state index in [4.69, 9.17) is 0 Å². The van der Waals surface area contributed by atoms with Crippen LogP contribution in [0.15, 0.2) is 54.9 Å². The third kappa shape index (κ3) is 3.48. The molecule has 0 saturated carbocycles. The number of H-pyrrole nitrogens is 1. The maximum atomic E-state index is 13.0. The first-order chi connectivity index (χ1) is 12.7. The van der Waals surface area contributed by atoms with Crippen LogP contribution in [0.1, 0.15) is 36.9 Å². The van der Waals surface area contributed by atoms with Crippen LogP contribution < -0.4 is 10.6 Å². The van der Waals surface area contributed by atoms with Gasteiger partial charge in [-0.15, -0.1) is 0 Å². The van der Waals surface area contributed by atoms with E-state index in [1.54, 1.807) is 6.33 Å². The molecule has 26 heavy (non-hydrogen) atoms. The molecular formula is C21H24N4O. The highest BCUT2D eigenvalue weighted by atomic mass is 16.1. The highest BCUT2D eigenvalue weighted by Crippen LogP contribution is 2.26. The maximum absolute atomic E-state index is 13.0. The summed E-state index contributed by atoms with van der Waals surface area (Å²) in [6.45, 7) is 3.04. The summed E-state index contributed by atoms with van der Waals surface area (Å²) in [5, 5.41) is 6.71. The Kier molecular flexibility index (Phi) is 4.71. The van der Waals surface area contributed by atoms with Gasteiger partial charge in [0.05, 0.1) is 23.4 Å². The van der Waals surface area contributed by atoms with Gasteiger partial charge in [0.15, 0.2) is 0 Å². The Bertz CT molecular complexity index is 889. The number of nitrogens with one attached hydrogen (secondary N) is 3. The summed E-state index contributed by atoms with van der Waals surface area (Å²) >= 11 is 0. The van der Waals surface area contributed by atoms with Crippen LogP contribution >= 0.6 is 0 Å². The van der Waals surface area contributed by atoms with E-state index in [9.17, 15) is 4.79 Å². The second kappa shape index (κ2) is 7.30. The monoisotopic (exact) mass is 348 g/mol. The van der Waals surface area contributed by atoms with Crippen molar-refractivity contribution in [1.82, 2.24) is 20.6 Å². The zero-order valence-electron chi connectivity index (χ0n) is 14.9. The Hall–Kier alpha value is -2.66. The number of imidazole rings is 1. The maximum Gasteiger partial charge on any atom is 0.223 e. The molecule has 1 unspecified atom stereocenters. The minimum absolute atomic E-state index is 0.0633. The molecule has 1 aromatic heterocycles. The van der Waals surface area contributed by atoms with Gasteiger partial charge < -0.3 is 15.6 Å². The number of hydrogen-bond acceptors (Lipinski definition) is 3. The quantitative estimate of drug-likeness (QED) is 0.678. The second-order valence-electron chi connectivity index (χ2n) is 7.11. The molecule has 0 aliphatic carbocycles. The van der Waals surface area contributed by atoms with E-state index in [1.807, 2.05) is 30.3 Å². The van der Waals surface area contributed by atoms with Gasteiger partial charge in [0.2, 0.25) is 5.91 Å². The fraction of sp³-hybridized carbons (Fsp3) is 0.333. The van der Waals surface area contributed by atoms with Crippen LogP contribution in [0.5, 0.6) is 0 Å². The number of aromatic amines is 1. The van der Waals surface area contributed by atoms with Gasteiger partial charge in [-0.1, -0.05) is 36.4 Å². The summed E-state index contributed by atoms with van der Waals surface area (Å²) in [7, 11) is 0. The lowest BCUT2D eigenvalue weighted by Crippen LogP contribution is -2.43. The number of rotatable bonds is 4. The van der Waals surface area contributed by atoms with E-state index in [-0.39, 0.29) is 17.9 Å². The fourth-order valence-electron chi connectivity index (χ4n) is 3.77. The molecule has 1 aliphatic heterocycles. The van der Waals surface area contributed by atoms with Crippen molar-refractivity contribution in [3.63, 3.8) is 0 Å². The highest BCUT2D eigenvalue weighted by Gasteiger charge is 2.27. The van der Waals surface area contributed by atoms with Crippen molar-refractivity contribution in [2.75, 3.05) is 6.54 Å². The Labute approximate surface area is 153 Å². The third-order valence-corrected chi connectivity index (χ3v) is 5.19. The molecule has 1 aliphatic rings. The van der Waals surface area contributed by atoms with Crippen molar-refractivity contribution in [3.05, 3.63) is 66.0 Å². The van der Waals surface area contributed by atoms with Crippen molar-refractivity contribution >= 4 is 16.9 Å². The van der Waals surface area contributed by atoms with E-state index in [2.05, 4.69) is 45.7 Å². The average molecular weight is 348 g/mol. The topological polar surface area (TPSA) is 69.8 Å². The number of benzene rings is 2. The van der Waals surface area contributed by atoms with Crippen molar-refractivity contribution in [2.24, 2.45) is 5.92 Å². The molecule has 0 spiro atoms. The summed E-state index contributed by atoms with van der Waals surface area (Å²) in [4.78, 5) is 20.4. The second-order valence-corrected chi connectivity index (χ2v) is 7.11. The Morgan fingerprint density at radius 1 is 1.19 bits per heavy atom. The summed E-state index contributed by atoms with van der Waals surface area (Å²) in [6.07, 6.45) is 3.46. The molecule has 0 bridgehead atoms. The van der Waals surface area contributed by atoms with E-state index < -0.39 is 0 Å². The van der Waals surface area contributed by atoms with Gasteiger partial charge in [-0.2, -0.15) is 0 Å². The minimum atomic E-state index is -0.165. The van der Waals surface area contributed by atoms with Crippen LogP contribution in [0.4, 0.5) is 0 Å². The van der Waals surface area contributed by atoms with Gasteiger partial charge in [-0.05, 0) is 49.6 Å². The predicted octanol–water partition coefficient (Wildman–Crippen LogP) is 3.16. The number of aromatic nitrogens is 2. The Morgan fingerprint density at radius 2 is 2.04 bits per heavy atom. The molecule has 134 valence electrons. The van der Waals surface area contributed by atoms with Gasteiger partial charge in [0, 0.05) is 12.0 Å². The summed E-state index contributed by atoms with van der Waals surface area (Å²) in [6, 6.07) is 16.5. The average Bonchev–Trinajstić information content (AvgIpc) is 3.14. The smallest absolute Gasteiger partial charge is 0.223 e. The first kappa shape index (κ1) is 16.8. The molecule has 3 aromatic rings. The number of nitrogens with zero attached hydrogens (tertiary/aromatic N) is 1. The Balaban J connectivity index is 1.63. The number of amides is 1. The lowest BCUT2D eigenvalue weighted by molar-refractivity contribution is -0.126. The van der Waals surface area contributed by atoms with Crippen LogP contribution in [0.2, 0.25) is 0 Å². The molecule has 1 amide bonds. The standard InChI is InChI=1S/C21H24N4O/c1-14-11-17(9-10-22-14)21(26)25-20(15-5-3-2-4-6-15)16-7-8-18-19(12-16)24-13-23-18/h2-8,12-14,17,20,22H,9-11H2,1H3,(H,23,24)(H,25,26)/t14-,17-,20?/m0/s1. The molecule has 1 fully saturated rings. The minimum Gasteiger partial charge on any atom is -0.345 e. The Morgan fingerprint density at radius 3 is 2.85 bits per heavy atom. The van der Waals surface area contributed by atoms with Crippen molar-refractivity contribution < 1.29 is 4.79 Å². The van der Waals surface area contributed by atoms with Gasteiger partial charge in [-0.3, -0.25) is 4.79 Å². The SMILES string of the molecule is C[C@H]1C[C@@H](C(=O)NC(c2ccccc2)c2ccc3nc[nH]c3c2)CCN1.